The summed E-state index contributed by atoms with van der Waals surface area (Å²) in [5.41, 5.74) is 2.89. The first-order valence-corrected chi connectivity index (χ1v) is 13.0. The van der Waals surface area contributed by atoms with E-state index in [1.54, 1.807) is 22.8 Å². The zero-order valence-corrected chi connectivity index (χ0v) is 20.8. The van der Waals surface area contributed by atoms with Crippen LogP contribution in [0.25, 0.3) is 10.9 Å². The topological polar surface area (TPSA) is 87.8 Å². The average molecular weight is 475 g/mol. The molecular weight excluding hydrogens is 444 g/mol. The minimum absolute atomic E-state index is 0.0278. The highest BCUT2D eigenvalue weighted by molar-refractivity contribution is 7.16. The number of hydrogen-bond donors (Lipinski definition) is 1. The molecule has 0 unspecified atom stereocenters. The van der Waals surface area contributed by atoms with Gasteiger partial charge < -0.3 is 5.32 Å². The zero-order chi connectivity index (χ0) is 24.0. The number of aryl methyl sites for hydroxylation is 1. The van der Waals surface area contributed by atoms with E-state index in [1.807, 2.05) is 0 Å². The molecule has 0 saturated carbocycles. The maximum Gasteiger partial charge on any atom is 0.261 e. The van der Waals surface area contributed by atoms with E-state index < -0.39 is 0 Å². The highest BCUT2D eigenvalue weighted by atomic mass is 32.1. The Morgan fingerprint density at radius 3 is 2.82 bits per heavy atom. The summed E-state index contributed by atoms with van der Waals surface area (Å²) in [7, 11) is 0. The molecule has 2 aromatic heterocycles. The van der Waals surface area contributed by atoms with Crippen molar-refractivity contribution in [2.24, 2.45) is 11.3 Å². The van der Waals surface area contributed by atoms with Gasteiger partial charge in [0, 0.05) is 23.4 Å². The molecule has 7 heteroatoms. The molecule has 176 valence electrons. The second-order valence-corrected chi connectivity index (χ2v) is 11.7. The van der Waals surface area contributed by atoms with Gasteiger partial charge in [0.15, 0.2) is 0 Å². The fraction of sp³-hybridized carbons (Fsp3) is 0.481. The van der Waals surface area contributed by atoms with Crippen molar-refractivity contribution >= 4 is 33.1 Å². The van der Waals surface area contributed by atoms with E-state index in [4.69, 9.17) is 4.98 Å². The summed E-state index contributed by atoms with van der Waals surface area (Å²) in [6.45, 7) is 7.50. The molecular formula is C27H30N4O2S. The van der Waals surface area contributed by atoms with Crippen LogP contribution in [0.1, 0.15) is 78.6 Å². The van der Waals surface area contributed by atoms with Gasteiger partial charge in [0.25, 0.3) is 11.5 Å². The van der Waals surface area contributed by atoms with Crippen molar-refractivity contribution in [2.75, 3.05) is 5.32 Å². The van der Waals surface area contributed by atoms with E-state index in [2.05, 4.69) is 32.2 Å². The van der Waals surface area contributed by atoms with Crippen molar-refractivity contribution in [3.8, 4) is 6.07 Å². The van der Waals surface area contributed by atoms with Crippen molar-refractivity contribution in [3.05, 3.63) is 55.9 Å². The smallest absolute Gasteiger partial charge is 0.261 e. The summed E-state index contributed by atoms with van der Waals surface area (Å²) in [6.07, 6.45) is 6.77. The van der Waals surface area contributed by atoms with Crippen LogP contribution in [0.5, 0.6) is 0 Å². The van der Waals surface area contributed by atoms with Crippen molar-refractivity contribution in [3.63, 3.8) is 0 Å². The van der Waals surface area contributed by atoms with Gasteiger partial charge in [-0.3, -0.25) is 14.2 Å². The van der Waals surface area contributed by atoms with Crippen LogP contribution in [0, 0.1) is 22.7 Å². The maximum atomic E-state index is 13.2. The molecule has 0 saturated heterocycles. The van der Waals surface area contributed by atoms with E-state index in [0.29, 0.717) is 39.5 Å². The second-order valence-electron chi connectivity index (χ2n) is 10.6. The van der Waals surface area contributed by atoms with Crippen LogP contribution in [0.3, 0.4) is 0 Å². The molecule has 1 atom stereocenters. The van der Waals surface area contributed by atoms with Gasteiger partial charge in [-0.2, -0.15) is 5.26 Å². The number of benzene rings is 1. The zero-order valence-electron chi connectivity index (χ0n) is 20.0. The van der Waals surface area contributed by atoms with E-state index in [1.165, 1.54) is 16.2 Å². The Morgan fingerprint density at radius 1 is 1.24 bits per heavy atom. The maximum absolute atomic E-state index is 13.2. The standard InChI is InChI=1S/C27H30N4O2S/c1-27(2,3)17-9-11-18-20(15-28)25(34-22(18)14-17)30-24(32)16-8-10-19-21(13-16)29-23-7-5-4-6-12-31(23)26(19)33/h8,10,13,17H,4-7,9,11-12,14H2,1-3H3,(H,30,32)/t17-/m1/s1. The minimum Gasteiger partial charge on any atom is -0.312 e. The van der Waals surface area contributed by atoms with E-state index in [-0.39, 0.29) is 16.9 Å². The molecule has 34 heavy (non-hydrogen) atoms. The SMILES string of the molecule is CC(C)(C)[C@@H]1CCc2c(sc(NC(=O)c3ccc4c(=O)n5c(nc4c3)CCCCC5)c2C#N)C1. The Labute approximate surface area is 203 Å². The Kier molecular flexibility index (Phi) is 5.81. The Bertz CT molecular complexity index is 1390. The molecule has 0 bridgehead atoms. The number of fused-ring (bicyclic) bond motifs is 3. The Hall–Kier alpha value is -2.98. The predicted octanol–water partition coefficient (Wildman–Crippen LogP) is 5.46. The molecule has 1 aromatic carbocycles. The molecule has 1 aliphatic heterocycles. The molecule has 3 aromatic rings. The number of nitrogens with one attached hydrogen (secondary N) is 1. The summed E-state index contributed by atoms with van der Waals surface area (Å²) < 4.78 is 1.79. The third-order valence-corrected chi connectivity index (χ3v) is 8.58. The van der Waals surface area contributed by atoms with Gasteiger partial charge in [0.1, 0.15) is 16.9 Å². The lowest BCUT2D eigenvalue weighted by Crippen LogP contribution is -2.26. The number of amides is 1. The van der Waals surface area contributed by atoms with Crippen molar-refractivity contribution in [2.45, 2.75) is 72.3 Å². The number of nitriles is 1. The van der Waals surface area contributed by atoms with Crippen molar-refractivity contribution < 1.29 is 4.79 Å². The van der Waals surface area contributed by atoms with Crippen LogP contribution >= 0.6 is 11.3 Å². The molecule has 0 fully saturated rings. The molecule has 6 nitrogen and oxygen atoms in total. The number of carbonyl (C=O) groups is 1. The van der Waals surface area contributed by atoms with Crippen LogP contribution in [0.4, 0.5) is 5.00 Å². The first-order valence-electron chi connectivity index (χ1n) is 12.2. The van der Waals surface area contributed by atoms with Crippen molar-refractivity contribution in [1.29, 1.82) is 5.26 Å². The van der Waals surface area contributed by atoms with Crippen LogP contribution in [0.15, 0.2) is 23.0 Å². The van der Waals surface area contributed by atoms with Crippen LogP contribution < -0.4 is 10.9 Å². The Balaban J connectivity index is 1.45. The number of thiophene rings is 1. The molecule has 0 radical (unpaired) electrons. The number of rotatable bonds is 2. The molecule has 3 heterocycles. The summed E-state index contributed by atoms with van der Waals surface area (Å²) in [5.74, 6) is 1.09. The van der Waals surface area contributed by atoms with Gasteiger partial charge in [-0.15, -0.1) is 11.3 Å². The summed E-state index contributed by atoms with van der Waals surface area (Å²) in [5, 5.41) is 14.0. The number of anilines is 1. The summed E-state index contributed by atoms with van der Waals surface area (Å²) in [6, 6.07) is 7.42. The molecule has 1 N–H and O–H groups in total. The lowest BCUT2D eigenvalue weighted by atomic mass is 9.72. The highest BCUT2D eigenvalue weighted by Crippen LogP contribution is 2.44. The molecule has 1 amide bonds. The first kappa shape index (κ1) is 22.8. The first-order chi connectivity index (χ1) is 16.3. The van der Waals surface area contributed by atoms with Gasteiger partial charge in [-0.1, -0.05) is 27.2 Å². The van der Waals surface area contributed by atoms with Crippen LogP contribution in [-0.2, 0) is 25.8 Å². The number of hydrogen-bond acceptors (Lipinski definition) is 5. The predicted molar refractivity (Wildman–Crippen MR) is 136 cm³/mol. The van der Waals surface area contributed by atoms with Gasteiger partial charge in [-0.05, 0) is 67.2 Å². The molecule has 0 spiro atoms. The minimum atomic E-state index is -0.277. The highest BCUT2D eigenvalue weighted by Gasteiger charge is 2.32. The molecule has 5 rings (SSSR count). The van der Waals surface area contributed by atoms with Gasteiger partial charge in [0.2, 0.25) is 0 Å². The molecule has 1 aliphatic carbocycles. The third-order valence-electron chi connectivity index (χ3n) is 7.41. The monoisotopic (exact) mass is 474 g/mol. The van der Waals surface area contributed by atoms with E-state index in [0.717, 1.165) is 56.3 Å². The normalized spacial score (nSPS) is 18.0. The van der Waals surface area contributed by atoms with Gasteiger partial charge >= 0.3 is 0 Å². The van der Waals surface area contributed by atoms with Crippen molar-refractivity contribution in [1.82, 2.24) is 9.55 Å². The van der Waals surface area contributed by atoms with E-state index in [9.17, 15) is 14.9 Å². The largest absolute Gasteiger partial charge is 0.312 e. The quantitative estimate of drug-likeness (QED) is 0.534. The third kappa shape index (κ3) is 4.05. The fourth-order valence-electron chi connectivity index (χ4n) is 5.27. The average Bonchev–Trinajstić information content (AvgIpc) is 2.97. The lowest BCUT2D eigenvalue weighted by Gasteiger charge is -2.33. The second kappa shape index (κ2) is 8.66. The summed E-state index contributed by atoms with van der Waals surface area (Å²) >= 11 is 1.53. The van der Waals surface area contributed by atoms with Gasteiger partial charge in [0.05, 0.1) is 16.5 Å². The van der Waals surface area contributed by atoms with Crippen LogP contribution in [0.2, 0.25) is 0 Å². The van der Waals surface area contributed by atoms with Crippen LogP contribution in [-0.4, -0.2) is 15.5 Å². The fourth-order valence-corrected chi connectivity index (χ4v) is 6.54. The van der Waals surface area contributed by atoms with Gasteiger partial charge in [-0.25, -0.2) is 4.98 Å². The summed E-state index contributed by atoms with van der Waals surface area (Å²) in [4.78, 5) is 32.1. The van der Waals surface area contributed by atoms with E-state index >= 15 is 0 Å². The Morgan fingerprint density at radius 2 is 2.06 bits per heavy atom. The lowest BCUT2D eigenvalue weighted by molar-refractivity contribution is 0.102. The molecule has 2 aliphatic rings. The number of nitrogens with zero attached hydrogens (tertiary/aromatic N) is 3. The number of carbonyl (C=O) groups excluding carboxylic acids is 1. The number of aromatic nitrogens is 2.